The number of carbonyl (C=O) groups is 2. The third-order valence-corrected chi connectivity index (χ3v) is 5.21. The lowest BCUT2D eigenvalue weighted by atomic mass is 9.82. The summed E-state index contributed by atoms with van der Waals surface area (Å²) in [6, 6.07) is 0.392. The van der Waals surface area contributed by atoms with Crippen LogP contribution in [0.2, 0.25) is 0 Å². The molecule has 134 valence electrons. The Labute approximate surface area is 139 Å². The molecule has 0 aromatic rings. The lowest BCUT2D eigenvalue weighted by Gasteiger charge is -2.35. The van der Waals surface area contributed by atoms with Crippen LogP contribution in [0.3, 0.4) is 0 Å². The molecule has 0 atom stereocenters. The number of hydrogen-bond acceptors (Lipinski definition) is 5. The molecule has 6 nitrogen and oxygen atoms in total. The Hall–Kier alpha value is -1.14. The van der Waals surface area contributed by atoms with E-state index < -0.39 is 11.4 Å². The third-order valence-electron chi connectivity index (χ3n) is 5.21. The molecule has 1 saturated heterocycles. The molecular formula is C17H32N2O4. The molecular weight excluding hydrogens is 296 g/mol. The Morgan fingerprint density at radius 3 is 2.35 bits per heavy atom. The van der Waals surface area contributed by atoms with Crippen molar-refractivity contribution in [3.05, 3.63) is 0 Å². The maximum Gasteiger partial charge on any atom is 0.310 e. The fourth-order valence-corrected chi connectivity index (χ4v) is 3.13. The zero-order valence-corrected chi connectivity index (χ0v) is 14.8. The molecule has 1 rings (SSSR count). The van der Waals surface area contributed by atoms with Gasteiger partial charge < -0.3 is 20.1 Å². The number of likely N-dealkylation sites (tertiary alicyclic amines) is 1. The predicted molar refractivity (Wildman–Crippen MR) is 89.4 cm³/mol. The highest BCUT2D eigenvalue weighted by Gasteiger charge is 2.35. The van der Waals surface area contributed by atoms with Gasteiger partial charge >= 0.3 is 11.9 Å². The van der Waals surface area contributed by atoms with Crippen molar-refractivity contribution >= 4 is 11.9 Å². The van der Waals surface area contributed by atoms with Crippen LogP contribution >= 0.6 is 0 Å². The van der Waals surface area contributed by atoms with Crippen LogP contribution in [0.5, 0.6) is 0 Å². The van der Waals surface area contributed by atoms with Crippen LogP contribution in [0.1, 0.15) is 52.4 Å². The molecule has 6 heteroatoms. The van der Waals surface area contributed by atoms with Crippen LogP contribution in [0.4, 0.5) is 0 Å². The first-order chi connectivity index (χ1) is 11.0. The number of carboxylic acids is 1. The Morgan fingerprint density at radius 1 is 1.26 bits per heavy atom. The predicted octanol–water partition coefficient (Wildman–Crippen LogP) is 1.88. The molecule has 1 aliphatic rings. The summed E-state index contributed by atoms with van der Waals surface area (Å²) in [5, 5.41) is 12.9. The van der Waals surface area contributed by atoms with E-state index in [4.69, 9.17) is 0 Å². The van der Waals surface area contributed by atoms with Crippen molar-refractivity contribution in [2.24, 2.45) is 5.41 Å². The first-order valence-corrected chi connectivity index (χ1v) is 8.73. The van der Waals surface area contributed by atoms with Crippen LogP contribution in [-0.2, 0) is 14.3 Å². The summed E-state index contributed by atoms with van der Waals surface area (Å²) in [5.41, 5.74) is -0.641. The average molecular weight is 328 g/mol. The number of carbonyl (C=O) groups excluding carboxylic acids is 1. The molecule has 23 heavy (non-hydrogen) atoms. The lowest BCUT2D eigenvalue weighted by Crippen LogP contribution is -2.48. The summed E-state index contributed by atoms with van der Waals surface area (Å²) in [6.45, 7) is 7.36. The van der Waals surface area contributed by atoms with Gasteiger partial charge in [-0.05, 0) is 51.7 Å². The van der Waals surface area contributed by atoms with Crippen LogP contribution < -0.4 is 5.32 Å². The Bertz CT molecular complexity index is 375. The number of rotatable bonds is 10. The topological polar surface area (TPSA) is 78.9 Å². The fourth-order valence-electron chi connectivity index (χ4n) is 3.13. The Balaban J connectivity index is 2.28. The SMILES string of the molecule is CCC(CC)(CNC1CCN(CCCC(=O)OC)CC1)C(=O)O. The van der Waals surface area contributed by atoms with Crippen molar-refractivity contribution in [2.75, 3.05) is 33.3 Å². The largest absolute Gasteiger partial charge is 0.481 e. The molecule has 0 aliphatic carbocycles. The smallest absolute Gasteiger partial charge is 0.310 e. The molecule has 0 amide bonds. The van der Waals surface area contributed by atoms with Gasteiger partial charge in [-0.1, -0.05) is 13.8 Å². The summed E-state index contributed by atoms with van der Waals surface area (Å²) in [5.74, 6) is -0.846. The molecule has 1 heterocycles. The van der Waals surface area contributed by atoms with Crippen LogP contribution in [0.15, 0.2) is 0 Å². The van der Waals surface area contributed by atoms with Gasteiger partial charge in [0.1, 0.15) is 0 Å². The van der Waals surface area contributed by atoms with Gasteiger partial charge in [0.25, 0.3) is 0 Å². The summed E-state index contributed by atoms with van der Waals surface area (Å²) in [7, 11) is 1.42. The van der Waals surface area contributed by atoms with Crippen LogP contribution in [-0.4, -0.2) is 61.3 Å². The number of ether oxygens (including phenoxy) is 1. The van der Waals surface area contributed by atoms with Gasteiger partial charge in [-0.2, -0.15) is 0 Å². The Kier molecular flexibility index (Phi) is 8.55. The number of nitrogens with one attached hydrogen (secondary N) is 1. The van der Waals surface area contributed by atoms with Crippen LogP contribution in [0.25, 0.3) is 0 Å². The minimum absolute atomic E-state index is 0.148. The molecule has 0 aromatic carbocycles. The molecule has 0 saturated carbocycles. The number of methoxy groups -OCH3 is 1. The molecule has 1 aliphatic heterocycles. The van der Waals surface area contributed by atoms with Gasteiger partial charge in [0.2, 0.25) is 0 Å². The van der Waals surface area contributed by atoms with Crippen molar-refractivity contribution in [1.29, 1.82) is 0 Å². The quantitative estimate of drug-likeness (QED) is 0.596. The number of carboxylic acid groups (broad SMARTS) is 1. The van der Waals surface area contributed by atoms with E-state index in [1.165, 1.54) is 7.11 Å². The average Bonchev–Trinajstić information content (AvgIpc) is 2.57. The Morgan fingerprint density at radius 2 is 1.87 bits per heavy atom. The highest BCUT2D eigenvalue weighted by Crippen LogP contribution is 2.26. The van der Waals surface area contributed by atoms with Gasteiger partial charge in [-0.25, -0.2) is 0 Å². The summed E-state index contributed by atoms with van der Waals surface area (Å²) >= 11 is 0. The van der Waals surface area contributed by atoms with E-state index in [0.717, 1.165) is 38.9 Å². The van der Waals surface area contributed by atoms with Gasteiger partial charge in [-0.15, -0.1) is 0 Å². The van der Waals surface area contributed by atoms with Gasteiger partial charge in [0.15, 0.2) is 0 Å². The first-order valence-electron chi connectivity index (χ1n) is 8.73. The number of piperidine rings is 1. The monoisotopic (exact) mass is 328 g/mol. The zero-order chi connectivity index (χ0) is 17.3. The van der Waals surface area contributed by atoms with Crippen molar-refractivity contribution in [2.45, 2.75) is 58.4 Å². The third kappa shape index (κ3) is 6.11. The standard InChI is InChI=1S/C17H32N2O4/c1-4-17(5-2,16(21)22)13-18-14-8-11-19(12-9-14)10-6-7-15(20)23-3/h14,18H,4-13H2,1-3H3,(H,21,22). The maximum absolute atomic E-state index is 11.5. The van der Waals surface area contributed by atoms with Gasteiger partial charge in [0, 0.05) is 19.0 Å². The molecule has 0 bridgehead atoms. The van der Waals surface area contributed by atoms with E-state index in [1.807, 2.05) is 13.8 Å². The second kappa shape index (κ2) is 9.88. The van der Waals surface area contributed by atoms with Crippen molar-refractivity contribution in [1.82, 2.24) is 10.2 Å². The molecule has 0 radical (unpaired) electrons. The highest BCUT2D eigenvalue weighted by atomic mass is 16.5. The van der Waals surface area contributed by atoms with Crippen molar-refractivity contribution in [3.8, 4) is 0 Å². The van der Waals surface area contributed by atoms with Crippen LogP contribution in [0, 0.1) is 5.41 Å². The molecule has 2 N–H and O–H groups in total. The number of esters is 1. The normalized spacial score (nSPS) is 17.2. The zero-order valence-electron chi connectivity index (χ0n) is 14.8. The molecule has 0 unspecified atom stereocenters. The maximum atomic E-state index is 11.5. The van der Waals surface area contributed by atoms with Crippen molar-refractivity contribution in [3.63, 3.8) is 0 Å². The summed E-state index contributed by atoms with van der Waals surface area (Å²) in [4.78, 5) is 25.0. The molecule has 1 fully saturated rings. The fraction of sp³-hybridized carbons (Fsp3) is 0.882. The summed E-state index contributed by atoms with van der Waals surface area (Å²) < 4.78 is 4.65. The van der Waals surface area contributed by atoms with Crippen molar-refractivity contribution < 1.29 is 19.4 Å². The minimum atomic E-state index is -0.699. The van der Waals surface area contributed by atoms with E-state index in [9.17, 15) is 14.7 Å². The van der Waals surface area contributed by atoms with E-state index in [2.05, 4.69) is 15.0 Å². The van der Waals surface area contributed by atoms with E-state index in [0.29, 0.717) is 31.8 Å². The number of aliphatic carboxylic acids is 1. The van der Waals surface area contributed by atoms with E-state index in [1.54, 1.807) is 0 Å². The van der Waals surface area contributed by atoms with Gasteiger partial charge in [-0.3, -0.25) is 9.59 Å². The second-order valence-electron chi connectivity index (χ2n) is 6.47. The minimum Gasteiger partial charge on any atom is -0.481 e. The number of nitrogens with zero attached hydrogens (tertiary/aromatic N) is 1. The highest BCUT2D eigenvalue weighted by molar-refractivity contribution is 5.74. The summed E-state index contributed by atoms with van der Waals surface area (Å²) in [6.07, 6.45) is 4.67. The van der Waals surface area contributed by atoms with E-state index in [-0.39, 0.29) is 5.97 Å². The lowest BCUT2D eigenvalue weighted by molar-refractivity contribution is -0.149. The molecule has 0 aromatic heterocycles. The van der Waals surface area contributed by atoms with E-state index >= 15 is 0 Å². The second-order valence-corrected chi connectivity index (χ2v) is 6.47. The number of hydrogen-bond donors (Lipinski definition) is 2. The molecule has 0 spiro atoms. The first kappa shape index (κ1) is 19.9. The van der Waals surface area contributed by atoms with Gasteiger partial charge in [0.05, 0.1) is 12.5 Å².